The van der Waals surface area contributed by atoms with E-state index in [0.29, 0.717) is 54.6 Å². The number of carbonyl (C=O) groups excluding carboxylic acids is 3. The van der Waals surface area contributed by atoms with Crippen LogP contribution in [0.2, 0.25) is 0 Å². The molecule has 3 aliphatic heterocycles. The van der Waals surface area contributed by atoms with Gasteiger partial charge in [-0.25, -0.2) is 38.0 Å². The van der Waals surface area contributed by atoms with E-state index in [1.165, 1.54) is 20.8 Å². The topological polar surface area (TPSA) is 229 Å². The lowest BCUT2D eigenvalue weighted by atomic mass is 9.82. The fourth-order valence-corrected chi connectivity index (χ4v) is 9.49. The van der Waals surface area contributed by atoms with Crippen LogP contribution in [-0.2, 0) is 32.0 Å². The van der Waals surface area contributed by atoms with Crippen LogP contribution in [0, 0.1) is 22.5 Å². The smallest absolute Gasteiger partial charge is 0.407 e. The summed E-state index contributed by atoms with van der Waals surface area (Å²) in [5.74, 6) is -4.44. The SMILES string of the molecule is COC(=O)N[C@H](C(=O)N[C@@H](Cc1ccc(-c2cnc(N3CC4CCC(C3)N4C3COC3)nc2)cc1)[C@@H](O)CN(Cc1c(F)cc(-c2ccn(C(F)F)n2)cc1F)NC(=O)[C@@H](NC(=O)O)C(C)(C)C)C(C)(C)C(F)(F)F. The Labute approximate surface area is 427 Å². The van der Waals surface area contributed by atoms with Crippen molar-refractivity contribution >= 4 is 29.9 Å². The number of nitrogens with one attached hydrogen (secondary N) is 4. The summed E-state index contributed by atoms with van der Waals surface area (Å²) >= 11 is 0. The number of methoxy groups -OCH3 is 1. The van der Waals surface area contributed by atoms with Gasteiger partial charge < -0.3 is 40.5 Å². The number of ether oxygens (including phenoxy) is 2. The summed E-state index contributed by atoms with van der Waals surface area (Å²) in [7, 11) is 0.873. The molecule has 2 bridgehead atoms. The Balaban J connectivity index is 1.17. The highest BCUT2D eigenvalue weighted by Crippen LogP contribution is 2.41. The lowest BCUT2D eigenvalue weighted by molar-refractivity contribution is -0.220. The third kappa shape index (κ3) is 13.1. The van der Waals surface area contributed by atoms with E-state index in [4.69, 9.17) is 4.74 Å². The van der Waals surface area contributed by atoms with Crippen LogP contribution >= 0.6 is 0 Å². The van der Waals surface area contributed by atoms with Gasteiger partial charge in [-0.2, -0.15) is 27.1 Å². The number of benzene rings is 2. The number of alkyl carbamates (subject to hydrolysis) is 1. The molecule has 0 spiro atoms. The first-order chi connectivity index (χ1) is 35.2. The van der Waals surface area contributed by atoms with Gasteiger partial charge in [0.25, 0.3) is 5.91 Å². The number of piperazine rings is 1. The zero-order valence-electron chi connectivity index (χ0n) is 41.9. The van der Waals surface area contributed by atoms with Gasteiger partial charge in [-0.15, -0.1) is 0 Å². The van der Waals surface area contributed by atoms with Gasteiger partial charge in [-0.1, -0.05) is 45.0 Å². The van der Waals surface area contributed by atoms with Gasteiger partial charge in [0.1, 0.15) is 23.7 Å². The normalized spacial score (nSPS) is 19.0. The monoisotopic (exact) mass is 1060 g/mol. The third-order valence-corrected chi connectivity index (χ3v) is 13.9. The summed E-state index contributed by atoms with van der Waals surface area (Å²) in [6, 6.07) is 4.98. The largest absolute Gasteiger partial charge is 0.465 e. The highest BCUT2D eigenvalue weighted by Gasteiger charge is 2.56. The maximum Gasteiger partial charge on any atom is 0.407 e. The number of fused-ring (bicyclic) bond motifs is 2. The summed E-state index contributed by atoms with van der Waals surface area (Å²) in [6.07, 6.45) is -3.96. The van der Waals surface area contributed by atoms with Crippen molar-refractivity contribution in [1.29, 1.82) is 0 Å². The van der Waals surface area contributed by atoms with Crippen LogP contribution < -0.4 is 26.3 Å². The van der Waals surface area contributed by atoms with Gasteiger partial charge in [0.2, 0.25) is 11.9 Å². The van der Waals surface area contributed by atoms with Crippen LogP contribution in [0.5, 0.6) is 0 Å². The van der Waals surface area contributed by atoms with E-state index in [9.17, 15) is 51.3 Å². The van der Waals surface area contributed by atoms with Gasteiger partial charge in [0.15, 0.2) is 0 Å². The number of hydrazine groups is 1. The van der Waals surface area contributed by atoms with Crippen molar-refractivity contribution in [3.8, 4) is 22.4 Å². The fraction of sp³-hybridized carbons (Fsp3) is 0.531. The van der Waals surface area contributed by atoms with Crippen molar-refractivity contribution in [2.24, 2.45) is 10.8 Å². The number of amides is 4. The summed E-state index contributed by atoms with van der Waals surface area (Å²) in [5.41, 5.74) is -1.19. The lowest BCUT2D eigenvalue weighted by Crippen LogP contribution is -2.63. The number of nitrogens with zero attached hydrogens (tertiary/aromatic N) is 7. The number of alkyl halides is 5. The molecule has 2 aromatic carbocycles. The molecule has 3 saturated heterocycles. The van der Waals surface area contributed by atoms with Crippen molar-refractivity contribution in [3.05, 3.63) is 83.8 Å². The minimum absolute atomic E-state index is 0.217. The third-order valence-electron chi connectivity index (χ3n) is 13.9. The number of halogens is 7. The Bertz CT molecular complexity index is 2630. The number of carbonyl (C=O) groups is 4. The number of anilines is 1. The number of carboxylic acid groups (broad SMARTS) is 1. The second kappa shape index (κ2) is 22.7. The van der Waals surface area contributed by atoms with Crippen molar-refractivity contribution < 1.29 is 69.6 Å². The number of hydrogen-bond donors (Lipinski definition) is 6. The average molecular weight is 1060 g/mol. The number of aliphatic hydroxyl groups is 1. The molecule has 6 N–H and O–H groups in total. The molecule has 3 fully saturated rings. The van der Waals surface area contributed by atoms with Crippen molar-refractivity contribution in [2.45, 2.75) is 116 Å². The fourth-order valence-electron chi connectivity index (χ4n) is 9.49. The van der Waals surface area contributed by atoms with Crippen LogP contribution in [0.3, 0.4) is 0 Å². The zero-order chi connectivity index (χ0) is 54.7. The minimum Gasteiger partial charge on any atom is -0.465 e. The molecule has 0 saturated carbocycles. The number of aromatic nitrogens is 4. The van der Waals surface area contributed by atoms with Crippen LogP contribution in [0.15, 0.2) is 61.1 Å². The van der Waals surface area contributed by atoms with E-state index in [0.717, 1.165) is 75.7 Å². The average Bonchev–Trinajstić information content (AvgIpc) is 3.91. The second-order valence-electron chi connectivity index (χ2n) is 20.6. The minimum atomic E-state index is -5.09. The molecular formula is C49H60F7N11O8. The van der Waals surface area contributed by atoms with Crippen LogP contribution in [0.25, 0.3) is 22.4 Å². The molecule has 0 aliphatic carbocycles. The van der Waals surface area contributed by atoms with Crippen molar-refractivity contribution in [2.75, 3.05) is 44.9 Å². The van der Waals surface area contributed by atoms with E-state index in [-0.39, 0.29) is 22.4 Å². The molecule has 7 rings (SSSR count). The number of hydrogen-bond acceptors (Lipinski definition) is 13. The highest BCUT2D eigenvalue weighted by molar-refractivity contribution is 5.87. The zero-order valence-corrected chi connectivity index (χ0v) is 41.9. The first-order valence-electron chi connectivity index (χ1n) is 24.0. The molecule has 26 heteroatoms. The maximum absolute atomic E-state index is 16.0. The molecule has 2 unspecified atom stereocenters. The predicted octanol–water partition coefficient (Wildman–Crippen LogP) is 5.65. The van der Waals surface area contributed by atoms with E-state index in [2.05, 4.69) is 45.7 Å². The number of rotatable bonds is 19. The quantitative estimate of drug-likeness (QED) is 0.0493. The highest BCUT2D eigenvalue weighted by atomic mass is 19.4. The molecule has 408 valence electrons. The van der Waals surface area contributed by atoms with Crippen LogP contribution in [0.4, 0.5) is 46.3 Å². The molecule has 4 aromatic rings. The Morgan fingerprint density at radius 2 is 1.45 bits per heavy atom. The summed E-state index contributed by atoms with van der Waals surface area (Å²) in [4.78, 5) is 66.3. The maximum atomic E-state index is 16.0. The molecule has 3 aliphatic rings. The van der Waals surface area contributed by atoms with Crippen molar-refractivity contribution in [3.63, 3.8) is 0 Å². The summed E-state index contributed by atoms with van der Waals surface area (Å²) < 4.78 is 112. The molecule has 5 heterocycles. The first kappa shape index (κ1) is 56.1. The summed E-state index contributed by atoms with van der Waals surface area (Å²) in [5, 5.41) is 32.5. The second-order valence-corrected chi connectivity index (χ2v) is 20.6. The van der Waals surface area contributed by atoms with Gasteiger partial charge in [0, 0.05) is 73.5 Å². The van der Waals surface area contributed by atoms with Gasteiger partial charge in [-0.3, -0.25) is 19.9 Å². The standard InChI is InChI=1S/C49H60F7N11O8/c1-47(2,3)39(60-45(71)72)42(70)63-65(22-33-34(50)16-28(17-35(33)51)36-13-14-66(62-36)43(52)53)23-38(68)37(59-41(69)40(61-46(73)74-6)48(4,5)49(54,55)56)15-26-7-9-27(10-8-26)29-18-57-44(58-19-29)64-20-30-11-12-31(21-64)67(30)32-24-75-25-32/h7-10,13-14,16-19,30-32,37-40,43,60,68H,11-12,15,20-25H2,1-6H3,(H,59,69)(H,61,73)(H,63,70)(H,71,72)/t30?,31?,37-,38-,39+,40+/m0/s1. The number of aliphatic hydroxyl groups excluding tert-OH is 1. The Hall–Kier alpha value is -6.64. The van der Waals surface area contributed by atoms with Crippen molar-refractivity contribution in [1.82, 2.24) is 51.0 Å². The lowest BCUT2D eigenvalue weighted by Gasteiger charge is -2.47. The summed E-state index contributed by atoms with van der Waals surface area (Å²) in [6.45, 7) is 4.09. The first-order valence-corrected chi connectivity index (χ1v) is 24.0. The molecule has 4 amide bonds. The van der Waals surface area contributed by atoms with E-state index < -0.39 is 102 Å². The van der Waals surface area contributed by atoms with Gasteiger partial charge >= 0.3 is 24.9 Å². The molecule has 19 nitrogen and oxygen atoms in total. The molecule has 0 radical (unpaired) electrons. The van der Waals surface area contributed by atoms with E-state index in [1.54, 1.807) is 36.7 Å². The predicted molar refractivity (Wildman–Crippen MR) is 256 cm³/mol. The van der Waals surface area contributed by atoms with E-state index >= 15 is 8.78 Å². The molecule has 2 aromatic heterocycles. The Morgan fingerprint density at radius 3 is 1.96 bits per heavy atom. The molecular weight excluding hydrogens is 1000 g/mol. The van der Waals surface area contributed by atoms with Gasteiger partial charge in [0.05, 0.1) is 49.6 Å². The Morgan fingerprint density at radius 1 is 0.840 bits per heavy atom. The van der Waals surface area contributed by atoms with Gasteiger partial charge in [-0.05, 0) is 67.9 Å². The van der Waals surface area contributed by atoms with E-state index in [1.807, 2.05) is 5.32 Å². The Kier molecular flexibility index (Phi) is 17.0. The molecule has 6 atom stereocenters. The molecule has 75 heavy (non-hydrogen) atoms. The van der Waals surface area contributed by atoms with Crippen LogP contribution in [-0.4, -0.2) is 152 Å². The van der Waals surface area contributed by atoms with Crippen LogP contribution in [0.1, 0.15) is 65.1 Å².